The van der Waals surface area contributed by atoms with Crippen LogP contribution in [0.4, 0.5) is 0 Å². The van der Waals surface area contributed by atoms with Crippen LogP contribution in [0.3, 0.4) is 0 Å². The lowest BCUT2D eigenvalue weighted by Crippen LogP contribution is -2.25. The molecule has 3 atom stereocenters. The van der Waals surface area contributed by atoms with Crippen molar-refractivity contribution in [3.05, 3.63) is 29.3 Å². The Bertz CT molecular complexity index is 472. The lowest BCUT2D eigenvalue weighted by atomic mass is 9.97. The van der Waals surface area contributed by atoms with Gasteiger partial charge < -0.3 is 10.1 Å². The van der Waals surface area contributed by atoms with Crippen molar-refractivity contribution in [1.29, 1.82) is 0 Å². The number of rotatable bonds is 6. The second-order valence-electron chi connectivity index (χ2n) is 6.87. The fourth-order valence-corrected chi connectivity index (χ4v) is 4.39. The number of hydrogen-bond acceptors (Lipinski definition) is 2. The molecule has 0 spiro atoms. The highest BCUT2D eigenvalue weighted by atomic mass is 16.5. The summed E-state index contributed by atoms with van der Waals surface area (Å²) in [6.07, 6.45) is 6.93. The van der Waals surface area contributed by atoms with E-state index in [0.29, 0.717) is 6.04 Å². The molecule has 0 heterocycles. The van der Waals surface area contributed by atoms with E-state index in [1.165, 1.54) is 43.2 Å². The lowest BCUT2D eigenvalue weighted by molar-refractivity contribution is 0.383. The predicted molar refractivity (Wildman–Crippen MR) is 87.7 cm³/mol. The topological polar surface area (TPSA) is 21.3 Å². The Morgan fingerprint density at radius 2 is 1.95 bits per heavy atom. The van der Waals surface area contributed by atoms with Gasteiger partial charge in [0.25, 0.3) is 0 Å². The van der Waals surface area contributed by atoms with E-state index in [1.54, 1.807) is 7.11 Å². The van der Waals surface area contributed by atoms with Gasteiger partial charge in [0.15, 0.2) is 0 Å². The van der Waals surface area contributed by atoms with E-state index < -0.39 is 0 Å². The van der Waals surface area contributed by atoms with Crippen LogP contribution in [0.5, 0.6) is 5.75 Å². The van der Waals surface area contributed by atoms with Gasteiger partial charge in [-0.2, -0.15) is 0 Å². The second kappa shape index (κ2) is 6.39. The standard InChI is InChI=1S/C19H29NO/c1-4-11-20-19(18-14-7-5-6-8-15(14)18)16-12-13(2)9-10-17(16)21-3/h9-10,12,14-15,18-20H,4-8,11H2,1-3H3. The molecule has 0 aliphatic heterocycles. The zero-order valence-corrected chi connectivity index (χ0v) is 13.7. The summed E-state index contributed by atoms with van der Waals surface area (Å²) in [5, 5.41) is 3.83. The first kappa shape index (κ1) is 14.9. The highest BCUT2D eigenvalue weighted by Crippen LogP contribution is 2.61. The summed E-state index contributed by atoms with van der Waals surface area (Å²) in [4.78, 5) is 0. The molecule has 2 saturated carbocycles. The fourth-order valence-electron chi connectivity index (χ4n) is 4.39. The molecule has 3 rings (SSSR count). The van der Waals surface area contributed by atoms with Crippen LogP contribution in [0, 0.1) is 24.7 Å². The molecule has 2 heteroatoms. The maximum Gasteiger partial charge on any atom is 0.123 e. The Morgan fingerprint density at radius 3 is 2.57 bits per heavy atom. The highest BCUT2D eigenvalue weighted by molar-refractivity contribution is 5.40. The van der Waals surface area contributed by atoms with Gasteiger partial charge in [-0.3, -0.25) is 0 Å². The van der Waals surface area contributed by atoms with E-state index in [4.69, 9.17) is 4.74 Å². The van der Waals surface area contributed by atoms with Gasteiger partial charge in [-0.25, -0.2) is 0 Å². The largest absolute Gasteiger partial charge is 0.496 e. The summed E-state index contributed by atoms with van der Waals surface area (Å²) in [5.74, 6) is 3.80. The zero-order valence-electron chi connectivity index (χ0n) is 13.7. The van der Waals surface area contributed by atoms with E-state index in [1.807, 2.05) is 0 Å². The van der Waals surface area contributed by atoms with Crippen LogP contribution in [0.1, 0.15) is 56.2 Å². The van der Waals surface area contributed by atoms with Crippen LogP contribution in [-0.2, 0) is 0 Å². The van der Waals surface area contributed by atoms with Gasteiger partial charge in [0, 0.05) is 11.6 Å². The highest BCUT2D eigenvalue weighted by Gasteiger charge is 2.54. The number of fused-ring (bicyclic) bond motifs is 1. The normalized spacial score (nSPS) is 28.8. The van der Waals surface area contributed by atoms with Crippen molar-refractivity contribution in [1.82, 2.24) is 5.32 Å². The van der Waals surface area contributed by atoms with Gasteiger partial charge in [0.1, 0.15) is 5.75 Å². The number of ether oxygens (including phenoxy) is 1. The van der Waals surface area contributed by atoms with Crippen LogP contribution in [-0.4, -0.2) is 13.7 Å². The Balaban J connectivity index is 1.87. The first-order chi connectivity index (χ1) is 10.3. The molecule has 1 N–H and O–H groups in total. The van der Waals surface area contributed by atoms with E-state index in [-0.39, 0.29) is 0 Å². The Labute approximate surface area is 129 Å². The fraction of sp³-hybridized carbons (Fsp3) is 0.684. The minimum absolute atomic E-state index is 0.480. The third-order valence-electron chi connectivity index (χ3n) is 5.44. The minimum Gasteiger partial charge on any atom is -0.496 e. The smallest absolute Gasteiger partial charge is 0.123 e. The molecule has 2 nitrogen and oxygen atoms in total. The predicted octanol–water partition coefficient (Wildman–Crippen LogP) is 4.48. The number of hydrogen-bond donors (Lipinski definition) is 1. The van der Waals surface area contributed by atoms with Crippen LogP contribution < -0.4 is 10.1 Å². The van der Waals surface area contributed by atoms with Crippen LogP contribution in [0.2, 0.25) is 0 Å². The molecule has 116 valence electrons. The molecule has 1 aromatic rings. The zero-order chi connectivity index (χ0) is 14.8. The SMILES string of the molecule is CCCNC(c1cc(C)ccc1OC)C1C2CCCCC21. The first-order valence-corrected chi connectivity index (χ1v) is 8.64. The second-order valence-corrected chi connectivity index (χ2v) is 6.87. The van der Waals surface area contributed by atoms with E-state index >= 15 is 0 Å². The van der Waals surface area contributed by atoms with Crippen LogP contribution >= 0.6 is 0 Å². The van der Waals surface area contributed by atoms with Crippen molar-refractivity contribution in [2.45, 2.75) is 52.0 Å². The molecule has 1 aromatic carbocycles. The Hall–Kier alpha value is -1.02. The molecule has 0 bridgehead atoms. The van der Waals surface area contributed by atoms with Gasteiger partial charge in [-0.15, -0.1) is 0 Å². The number of benzene rings is 1. The van der Waals surface area contributed by atoms with Gasteiger partial charge >= 0.3 is 0 Å². The average molecular weight is 287 g/mol. The summed E-state index contributed by atoms with van der Waals surface area (Å²) < 4.78 is 5.65. The molecule has 0 saturated heterocycles. The molecule has 3 unspecified atom stereocenters. The maximum absolute atomic E-state index is 5.65. The minimum atomic E-state index is 0.480. The summed E-state index contributed by atoms with van der Waals surface area (Å²) in [6.45, 7) is 5.52. The van der Waals surface area contributed by atoms with Crippen LogP contribution in [0.15, 0.2) is 18.2 Å². The molecule has 2 aliphatic carbocycles. The number of aryl methyl sites for hydroxylation is 1. The molecule has 2 fully saturated rings. The van der Waals surface area contributed by atoms with Gasteiger partial charge in [0.2, 0.25) is 0 Å². The summed E-state index contributed by atoms with van der Waals surface area (Å²) in [6, 6.07) is 7.10. The van der Waals surface area contributed by atoms with E-state index in [0.717, 1.165) is 30.0 Å². The third kappa shape index (κ3) is 2.96. The van der Waals surface area contributed by atoms with Gasteiger partial charge in [0.05, 0.1) is 7.11 Å². The summed E-state index contributed by atoms with van der Waals surface area (Å²) >= 11 is 0. The molecule has 0 aromatic heterocycles. The van der Waals surface area contributed by atoms with Crippen molar-refractivity contribution in [3.63, 3.8) is 0 Å². The average Bonchev–Trinajstić information content (AvgIpc) is 3.22. The number of nitrogens with one attached hydrogen (secondary N) is 1. The van der Waals surface area contributed by atoms with Crippen LogP contribution in [0.25, 0.3) is 0 Å². The molecule has 2 aliphatic rings. The third-order valence-corrected chi connectivity index (χ3v) is 5.44. The van der Waals surface area contributed by atoms with Crippen molar-refractivity contribution in [2.24, 2.45) is 17.8 Å². The Kier molecular flexibility index (Phi) is 4.54. The number of methoxy groups -OCH3 is 1. The van der Waals surface area contributed by atoms with Crippen molar-refractivity contribution in [2.75, 3.05) is 13.7 Å². The molecule has 0 amide bonds. The van der Waals surface area contributed by atoms with Gasteiger partial charge in [-0.05, 0) is 56.6 Å². The van der Waals surface area contributed by atoms with Crippen molar-refractivity contribution in [3.8, 4) is 5.75 Å². The molecular formula is C19H29NO. The van der Waals surface area contributed by atoms with E-state index in [9.17, 15) is 0 Å². The molecule has 21 heavy (non-hydrogen) atoms. The van der Waals surface area contributed by atoms with E-state index in [2.05, 4.69) is 37.4 Å². The lowest BCUT2D eigenvalue weighted by Gasteiger charge is -2.22. The quantitative estimate of drug-likeness (QED) is 0.833. The monoisotopic (exact) mass is 287 g/mol. The van der Waals surface area contributed by atoms with Gasteiger partial charge in [-0.1, -0.05) is 37.5 Å². The molecule has 0 radical (unpaired) electrons. The Morgan fingerprint density at radius 1 is 1.24 bits per heavy atom. The summed E-state index contributed by atoms with van der Waals surface area (Å²) in [5.41, 5.74) is 2.71. The molecular weight excluding hydrogens is 258 g/mol. The van der Waals surface area contributed by atoms with Crippen molar-refractivity contribution < 1.29 is 4.74 Å². The first-order valence-electron chi connectivity index (χ1n) is 8.64. The maximum atomic E-state index is 5.65. The summed E-state index contributed by atoms with van der Waals surface area (Å²) in [7, 11) is 1.80. The van der Waals surface area contributed by atoms with Crippen molar-refractivity contribution >= 4 is 0 Å².